The van der Waals surface area contributed by atoms with Gasteiger partial charge in [-0.3, -0.25) is 4.79 Å². The van der Waals surface area contributed by atoms with Crippen molar-refractivity contribution < 1.29 is 9.53 Å². The lowest BCUT2D eigenvalue weighted by Crippen LogP contribution is -2.20. The van der Waals surface area contributed by atoms with Gasteiger partial charge >= 0.3 is 0 Å². The minimum absolute atomic E-state index is 0.138. The second kappa shape index (κ2) is 4.82. The summed E-state index contributed by atoms with van der Waals surface area (Å²) in [6, 6.07) is 13.7. The van der Waals surface area contributed by atoms with Crippen LogP contribution in [-0.4, -0.2) is 5.78 Å². The Kier molecular flexibility index (Phi) is 3.15. The number of hydrogen-bond acceptors (Lipinski definition) is 2. The van der Waals surface area contributed by atoms with Crippen molar-refractivity contribution in [1.29, 1.82) is 0 Å². The van der Waals surface area contributed by atoms with Gasteiger partial charge in [0.15, 0.2) is 5.78 Å². The second-order valence-corrected chi connectivity index (χ2v) is 5.62. The van der Waals surface area contributed by atoms with Gasteiger partial charge in [0.2, 0.25) is 0 Å². The summed E-state index contributed by atoms with van der Waals surface area (Å²) < 4.78 is 6.85. The fourth-order valence-corrected chi connectivity index (χ4v) is 3.04. The van der Waals surface area contributed by atoms with Crippen molar-refractivity contribution in [2.75, 3.05) is 0 Å². The Hall–Kier alpha value is -1.61. The van der Waals surface area contributed by atoms with Gasteiger partial charge in [-0.25, -0.2) is 0 Å². The number of ketones is 1. The number of carbonyl (C=O) groups excluding carboxylic acids is 1. The van der Waals surface area contributed by atoms with E-state index in [0.29, 0.717) is 17.7 Å². The van der Waals surface area contributed by atoms with E-state index < -0.39 is 0 Å². The fourth-order valence-electron chi connectivity index (χ4n) is 2.37. The number of Topliss-reactive ketones (excluding diaryl/α,β-unsaturated/α-hetero) is 1. The topological polar surface area (TPSA) is 26.3 Å². The van der Waals surface area contributed by atoms with E-state index in [4.69, 9.17) is 4.74 Å². The molecule has 0 aromatic heterocycles. The number of hydrogen-bond donors (Lipinski definition) is 0. The maximum absolute atomic E-state index is 12.3. The maximum atomic E-state index is 12.3. The zero-order chi connectivity index (χ0) is 13.4. The van der Waals surface area contributed by atoms with Gasteiger partial charge in [-0.15, -0.1) is 0 Å². The molecular weight excluding hydrogens is 304 g/mol. The molecule has 1 aliphatic heterocycles. The van der Waals surface area contributed by atoms with Crippen LogP contribution in [0, 0.1) is 6.92 Å². The zero-order valence-electron chi connectivity index (χ0n) is 10.5. The van der Waals surface area contributed by atoms with Gasteiger partial charge in [-0.05, 0) is 46.1 Å². The number of carbonyl (C=O) groups is 1. The van der Waals surface area contributed by atoms with Crippen molar-refractivity contribution in [2.24, 2.45) is 0 Å². The van der Waals surface area contributed by atoms with E-state index in [2.05, 4.69) is 15.9 Å². The first kappa shape index (κ1) is 12.4. The van der Waals surface area contributed by atoms with Gasteiger partial charge in [0.1, 0.15) is 11.9 Å². The average molecular weight is 317 g/mol. The highest BCUT2D eigenvalue weighted by molar-refractivity contribution is 9.10. The number of fused-ring (bicyclic) bond motifs is 1. The molecule has 96 valence electrons. The summed E-state index contributed by atoms with van der Waals surface area (Å²) >= 11 is 3.48. The summed E-state index contributed by atoms with van der Waals surface area (Å²) in [5.74, 6) is 0.801. The van der Waals surface area contributed by atoms with Gasteiger partial charge < -0.3 is 4.74 Å². The Bertz CT molecular complexity index is 635. The standard InChI is InChI=1S/C16H13BrO2/c1-10-7-12-14(18)9-15(11-5-3-2-4-6-11)19-16(12)13(17)8-10/h2-8,15H,9H2,1H3. The summed E-state index contributed by atoms with van der Waals surface area (Å²) in [6.45, 7) is 1.97. The van der Waals surface area contributed by atoms with E-state index in [9.17, 15) is 4.79 Å². The van der Waals surface area contributed by atoms with Gasteiger partial charge in [0, 0.05) is 0 Å². The first-order valence-corrected chi connectivity index (χ1v) is 6.99. The first-order chi connectivity index (χ1) is 9.15. The third-order valence-electron chi connectivity index (χ3n) is 3.29. The summed E-state index contributed by atoms with van der Waals surface area (Å²) in [5.41, 5.74) is 2.77. The minimum atomic E-state index is -0.194. The first-order valence-electron chi connectivity index (χ1n) is 6.20. The quantitative estimate of drug-likeness (QED) is 0.776. The molecule has 3 heteroatoms. The molecule has 2 nitrogen and oxygen atoms in total. The van der Waals surface area contributed by atoms with Crippen LogP contribution < -0.4 is 4.74 Å². The van der Waals surface area contributed by atoms with Gasteiger partial charge in [-0.1, -0.05) is 30.3 Å². The van der Waals surface area contributed by atoms with E-state index in [1.165, 1.54) is 0 Å². The van der Waals surface area contributed by atoms with E-state index >= 15 is 0 Å². The molecule has 0 aliphatic carbocycles. The van der Waals surface area contributed by atoms with E-state index in [1.54, 1.807) is 0 Å². The normalized spacial score (nSPS) is 17.8. The Morgan fingerprint density at radius 3 is 2.68 bits per heavy atom. The van der Waals surface area contributed by atoms with Crippen molar-refractivity contribution in [3.8, 4) is 5.75 Å². The highest BCUT2D eigenvalue weighted by atomic mass is 79.9. The molecule has 1 heterocycles. The van der Waals surface area contributed by atoms with Crippen molar-refractivity contribution in [2.45, 2.75) is 19.4 Å². The Labute approximate surface area is 120 Å². The van der Waals surface area contributed by atoms with Gasteiger partial charge in [0.05, 0.1) is 16.5 Å². The van der Waals surface area contributed by atoms with Crippen LogP contribution >= 0.6 is 15.9 Å². The third kappa shape index (κ3) is 2.30. The molecule has 2 aromatic carbocycles. The smallest absolute Gasteiger partial charge is 0.170 e. The molecule has 1 unspecified atom stereocenters. The largest absolute Gasteiger partial charge is 0.483 e. The minimum Gasteiger partial charge on any atom is -0.483 e. The SMILES string of the molecule is Cc1cc(Br)c2c(c1)C(=O)CC(c1ccccc1)O2. The Morgan fingerprint density at radius 2 is 1.95 bits per heavy atom. The fraction of sp³-hybridized carbons (Fsp3) is 0.188. The third-order valence-corrected chi connectivity index (χ3v) is 3.88. The highest BCUT2D eigenvalue weighted by Crippen LogP contribution is 2.40. The van der Waals surface area contributed by atoms with Crippen LogP contribution in [0.2, 0.25) is 0 Å². The molecule has 0 fully saturated rings. The van der Waals surface area contributed by atoms with Crippen LogP contribution in [0.4, 0.5) is 0 Å². The summed E-state index contributed by atoms with van der Waals surface area (Å²) in [5, 5.41) is 0. The highest BCUT2D eigenvalue weighted by Gasteiger charge is 2.29. The maximum Gasteiger partial charge on any atom is 0.170 e. The number of halogens is 1. The molecule has 0 N–H and O–H groups in total. The lowest BCUT2D eigenvalue weighted by molar-refractivity contribution is 0.0848. The number of rotatable bonds is 1. The van der Waals surface area contributed by atoms with Crippen molar-refractivity contribution in [3.05, 3.63) is 63.6 Å². The number of ether oxygens (including phenoxy) is 1. The molecule has 0 saturated carbocycles. The van der Waals surface area contributed by atoms with Crippen LogP contribution in [-0.2, 0) is 0 Å². The second-order valence-electron chi connectivity index (χ2n) is 4.77. The molecule has 1 aliphatic rings. The van der Waals surface area contributed by atoms with Crippen LogP contribution in [0.15, 0.2) is 46.9 Å². The molecule has 1 atom stereocenters. The Balaban J connectivity index is 2.03. The molecule has 19 heavy (non-hydrogen) atoms. The molecule has 2 aromatic rings. The summed E-state index contributed by atoms with van der Waals surface area (Å²) in [7, 11) is 0. The van der Waals surface area contributed by atoms with Crippen LogP contribution in [0.5, 0.6) is 5.75 Å². The lowest BCUT2D eigenvalue weighted by Gasteiger charge is -2.26. The predicted molar refractivity (Wildman–Crippen MR) is 77.6 cm³/mol. The summed E-state index contributed by atoms with van der Waals surface area (Å²) in [4.78, 5) is 12.3. The monoisotopic (exact) mass is 316 g/mol. The van der Waals surface area contributed by atoms with Crippen molar-refractivity contribution in [1.82, 2.24) is 0 Å². The van der Waals surface area contributed by atoms with Crippen molar-refractivity contribution >= 4 is 21.7 Å². The predicted octanol–water partition coefficient (Wildman–Crippen LogP) is 4.46. The number of benzene rings is 2. The van der Waals surface area contributed by atoms with Crippen LogP contribution in [0.3, 0.4) is 0 Å². The molecule has 0 bridgehead atoms. The molecule has 0 radical (unpaired) electrons. The van der Waals surface area contributed by atoms with Crippen molar-refractivity contribution in [3.63, 3.8) is 0 Å². The van der Waals surface area contributed by atoms with Gasteiger partial charge in [-0.2, -0.15) is 0 Å². The lowest BCUT2D eigenvalue weighted by atomic mass is 9.95. The molecule has 3 rings (SSSR count). The zero-order valence-corrected chi connectivity index (χ0v) is 12.1. The van der Waals surface area contributed by atoms with Crippen LogP contribution in [0.1, 0.15) is 34.0 Å². The number of aryl methyl sites for hydroxylation is 1. The van der Waals surface area contributed by atoms with E-state index in [0.717, 1.165) is 15.6 Å². The van der Waals surface area contributed by atoms with Crippen LogP contribution in [0.25, 0.3) is 0 Å². The average Bonchev–Trinajstić information content (AvgIpc) is 2.41. The Morgan fingerprint density at radius 1 is 1.21 bits per heavy atom. The molecule has 0 saturated heterocycles. The molecule has 0 spiro atoms. The van der Waals surface area contributed by atoms with Gasteiger partial charge in [0.25, 0.3) is 0 Å². The van der Waals surface area contributed by atoms with E-state index in [1.807, 2.05) is 49.4 Å². The molecular formula is C16H13BrO2. The molecule has 0 amide bonds. The van der Waals surface area contributed by atoms with E-state index in [-0.39, 0.29) is 11.9 Å². The summed E-state index contributed by atoms with van der Waals surface area (Å²) in [6.07, 6.45) is 0.201.